The first-order chi connectivity index (χ1) is 13.0. The molecule has 2 aromatic rings. The van der Waals surface area contributed by atoms with Crippen LogP contribution in [0, 0.1) is 5.41 Å². The van der Waals surface area contributed by atoms with Gasteiger partial charge in [-0.05, 0) is 41.0 Å². The summed E-state index contributed by atoms with van der Waals surface area (Å²) in [6.07, 6.45) is 8.28. The third-order valence-corrected chi connectivity index (χ3v) is 4.72. The molecule has 0 radical (unpaired) electrons. The van der Waals surface area contributed by atoms with Crippen LogP contribution >= 0.6 is 0 Å². The number of aromatic nitrogens is 1. The molecule has 1 aliphatic heterocycles. The van der Waals surface area contributed by atoms with Crippen LogP contribution in [0.1, 0.15) is 25.0 Å². The molecule has 0 spiro atoms. The van der Waals surface area contributed by atoms with Crippen molar-refractivity contribution in [2.75, 3.05) is 18.7 Å². The van der Waals surface area contributed by atoms with E-state index in [2.05, 4.69) is 79.3 Å². The zero-order chi connectivity index (χ0) is 18.9. The first-order valence-corrected chi connectivity index (χ1v) is 9.15. The van der Waals surface area contributed by atoms with Crippen molar-refractivity contribution in [3.05, 3.63) is 89.5 Å². The summed E-state index contributed by atoms with van der Waals surface area (Å²) in [4.78, 5) is 6.73. The molecule has 2 aliphatic rings. The van der Waals surface area contributed by atoms with Crippen LogP contribution in [0.4, 0.5) is 5.82 Å². The summed E-state index contributed by atoms with van der Waals surface area (Å²) < 4.78 is 11.2. The molecule has 0 amide bonds. The number of benzene rings is 1. The Balaban J connectivity index is 1.64. The Labute approximate surface area is 160 Å². The van der Waals surface area contributed by atoms with Gasteiger partial charge in [0.1, 0.15) is 5.82 Å². The van der Waals surface area contributed by atoms with Crippen LogP contribution in [0.3, 0.4) is 0 Å². The maximum absolute atomic E-state index is 5.64. The smallest absolute Gasteiger partial charge is 0.231 e. The Morgan fingerprint density at radius 1 is 1.04 bits per heavy atom. The van der Waals surface area contributed by atoms with Crippen molar-refractivity contribution in [2.45, 2.75) is 20.4 Å². The minimum Gasteiger partial charge on any atom is -0.454 e. The van der Waals surface area contributed by atoms with E-state index in [0.717, 1.165) is 35.0 Å². The van der Waals surface area contributed by atoms with Crippen LogP contribution in [0.15, 0.2) is 78.4 Å². The number of hydrogen-bond donors (Lipinski definition) is 0. The lowest BCUT2D eigenvalue weighted by molar-refractivity contribution is 0.0970. The molecule has 4 heteroatoms. The van der Waals surface area contributed by atoms with Crippen molar-refractivity contribution in [1.29, 1.82) is 0 Å². The Bertz CT molecular complexity index is 926. The van der Waals surface area contributed by atoms with Crippen molar-refractivity contribution in [3.63, 3.8) is 0 Å². The summed E-state index contributed by atoms with van der Waals surface area (Å²) in [6.45, 7) is 5.43. The third-order valence-electron chi connectivity index (χ3n) is 4.72. The second-order valence-corrected chi connectivity index (χ2v) is 7.59. The van der Waals surface area contributed by atoms with Gasteiger partial charge in [-0.2, -0.15) is 0 Å². The zero-order valence-corrected chi connectivity index (χ0v) is 16.0. The Hall–Kier alpha value is -3.01. The van der Waals surface area contributed by atoms with Crippen LogP contribution in [0.2, 0.25) is 0 Å². The first kappa shape index (κ1) is 17.4. The van der Waals surface area contributed by atoms with Crippen LogP contribution in [-0.4, -0.2) is 18.8 Å². The molecule has 0 atom stereocenters. The van der Waals surface area contributed by atoms with Crippen LogP contribution in [-0.2, 0) is 16.0 Å². The van der Waals surface area contributed by atoms with E-state index in [9.17, 15) is 0 Å². The van der Waals surface area contributed by atoms with Crippen molar-refractivity contribution in [2.24, 2.45) is 5.41 Å². The standard InChI is InChI=1S/C23H24N2O2/c1-23(2)13-19(11-20-21(14-23)27-16-26-20)18-9-10-24-22(12-18)25(3)15-17-7-5-4-6-8-17/h4-14H,15-16H2,1-3H3. The highest BCUT2D eigenvalue weighted by Gasteiger charge is 2.26. The first-order valence-electron chi connectivity index (χ1n) is 9.15. The maximum atomic E-state index is 5.64. The third kappa shape index (κ3) is 3.90. The average molecular weight is 360 g/mol. The van der Waals surface area contributed by atoms with Gasteiger partial charge in [0.05, 0.1) is 0 Å². The predicted octanol–water partition coefficient (Wildman–Crippen LogP) is 4.91. The van der Waals surface area contributed by atoms with E-state index < -0.39 is 0 Å². The van der Waals surface area contributed by atoms with Crippen LogP contribution < -0.4 is 4.90 Å². The number of pyridine rings is 1. The van der Waals surface area contributed by atoms with E-state index in [1.54, 1.807) is 0 Å². The molecule has 2 heterocycles. The van der Waals surface area contributed by atoms with Crippen molar-refractivity contribution < 1.29 is 9.47 Å². The minimum absolute atomic E-state index is 0.129. The van der Waals surface area contributed by atoms with E-state index in [4.69, 9.17) is 9.47 Å². The fraction of sp³-hybridized carbons (Fsp3) is 0.261. The van der Waals surface area contributed by atoms with Gasteiger partial charge in [0.2, 0.25) is 6.79 Å². The predicted molar refractivity (Wildman–Crippen MR) is 108 cm³/mol. The summed E-state index contributed by atoms with van der Waals surface area (Å²) in [6, 6.07) is 14.6. The molecule has 1 aromatic heterocycles. The van der Waals surface area contributed by atoms with Gasteiger partial charge in [0.15, 0.2) is 11.5 Å². The number of nitrogens with zero attached hydrogens (tertiary/aromatic N) is 2. The summed E-state index contributed by atoms with van der Waals surface area (Å²) in [7, 11) is 2.07. The van der Waals surface area contributed by atoms with Gasteiger partial charge in [0, 0.05) is 25.2 Å². The molecule has 1 saturated heterocycles. The second kappa shape index (κ2) is 6.95. The molecular formula is C23H24N2O2. The fourth-order valence-electron chi connectivity index (χ4n) is 3.40. The van der Waals surface area contributed by atoms with Crippen molar-refractivity contribution in [1.82, 2.24) is 4.98 Å². The summed E-state index contributed by atoms with van der Waals surface area (Å²) in [5, 5.41) is 0. The van der Waals surface area contributed by atoms with Gasteiger partial charge in [0.25, 0.3) is 0 Å². The second-order valence-electron chi connectivity index (χ2n) is 7.59. The average Bonchev–Trinajstić information content (AvgIpc) is 3.02. The van der Waals surface area contributed by atoms with Gasteiger partial charge in [-0.25, -0.2) is 4.98 Å². The molecule has 1 fully saturated rings. The minimum atomic E-state index is -0.129. The SMILES string of the molecule is CN(Cc1ccccc1)c1cc(C2=CC(C)(C)C=C3OCOC3=C2)ccn1. The monoisotopic (exact) mass is 360 g/mol. The van der Waals surface area contributed by atoms with Gasteiger partial charge in [-0.1, -0.05) is 50.3 Å². The van der Waals surface area contributed by atoms with E-state index in [-0.39, 0.29) is 12.2 Å². The molecule has 4 rings (SSSR count). The molecule has 138 valence electrons. The maximum Gasteiger partial charge on any atom is 0.231 e. The Morgan fingerprint density at radius 3 is 2.63 bits per heavy atom. The van der Waals surface area contributed by atoms with E-state index in [1.807, 2.05) is 18.3 Å². The number of anilines is 1. The highest BCUT2D eigenvalue weighted by molar-refractivity contribution is 5.78. The molecule has 0 bridgehead atoms. The quantitative estimate of drug-likeness (QED) is 0.776. The van der Waals surface area contributed by atoms with Crippen molar-refractivity contribution >= 4 is 11.4 Å². The van der Waals surface area contributed by atoms with Gasteiger partial charge in [-0.3, -0.25) is 0 Å². The Morgan fingerprint density at radius 2 is 1.81 bits per heavy atom. The van der Waals surface area contributed by atoms with Gasteiger partial charge >= 0.3 is 0 Å². The fourth-order valence-corrected chi connectivity index (χ4v) is 3.40. The lowest BCUT2D eigenvalue weighted by Crippen LogP contribution is -2.17. The summed E-state index contributed by atoms with van der Waals surface area (Å²) >= 11 is 0. The highest BCUT2D eigenvalue weighted by Crippen LogP contribution is 2.37. The van der Waals surface area contributed by atoms with E-state index in [0.29, 0.717) is 0 Å². The molecule has 0 N–H and O–H groups in total. The summed E-state index contributed by atoms with van der Waals surface area (Å²) in [5.74, 6) is 2.55. The normalized spacial score (nSPS) is 17.5. The highest BCUT2D eigenvalue weighted by atomic mass is 16.7. The zero-order valence-electron chi connectivity index (χ0n) is 16.0. The molecule has 1 aliphatic carbocycles. The number of ether oxygens (including phenoxy) is 2. The van der Waals surface area contributed by atoms with E-state index >= 15 is 0 Å². The lowest BCUT2D eigenvalue weighted by atomic mass is 9.89. The van der Waals surface area contributed by atoms with Crippen LogP contribution in [0.5, 0.6) is 0 Å². The topological polar surface area (TPSA) is 34.6 Å². The van der Waals surface area contributed by atoms with Gasteiger partial charge in [-0.15, -0.1) is 0 Å². The molecule has 0 saturated carbocycles. The summed E-state index contributed by atoms with van der Waals surface area (Å²) in [5.41, 5.74) is 3.36. The number of allylic oxidation sites excluding steroid dienone is 4. The number of hydrogen-bond acceptors (Lipinski definition) is 4. The lowest BCUT2D eigenvalue weighted by Gasteiger charge is -2.20. The molecule has 0 unspecified atom stereocenters. The largest absolute Gasteiger partial charge is 0.454 e. The molecule has 4 nitrogen and oxygen atoms in total. The van der Waals surface area contributed by atoms with Crippen LogP contribution in [0.25, 0.3) is 5.57 Å². The van der Waals surface area contributed by atoms with Gasteiger partial charge < -0.3 is 14.4 Å². The Kier molecular flexibility index (Phi) is 4.48. The van der Waals surface area contributed by atoms with E-state index in [1.165, 1.54) is 5.56 Å². The molecular weight excluding hydrogens is 336 g/mol. The molecule has 27 heavy (non-hydrogen) atoms. The number of fused-ring (bicyclic) bond motifs is 1. The molecule has 1 aromatic carbocycles. The number of rotatable bonds is 4. The van der Waals surface area contributed by atoms with Crippen molar-refractivity contribution in [3.8, 4) is 0 Å².